The summed E-state index contributed by atoms with van der Waals surface area (Å²) in [6, 6.07) is 0. The van der Waals surface area contributed by atoms with Gasteiger partial charge < -0.3 is 9.84 Å². The van der Waals surface area contributed by atoms with Crippen LogP contribution in [0.25, 0.3) is 0 Å². The first-order chi connectivity index (χ1) is 5.42. The number of aliphatic hydroxyl groups is 1. The zero-order valence-corrected chi connectivity index (χ0v) is 8.76. The molecule has 0 heterocycles. The SMILES string of the molecule is CC(C)CCOCCC(C)(C)O. The molecule has 0 unspecified atom stereocenters. The van der Waals surface area contributed by atoms with Crippen molar-refractivity contribution in [3.8, 4) is 0 Å². The van der Waals surface area contributed by atoms with E-state index < -0.39 is 5.60 Å². The van der Waals surface area contributed by atoms with Gasteiger partial charge in [-0.05, 0) is 32.6 Å². The summed E-state index contributed by atoms with van der Waals surface area (Å²) in [6.45, 7) is 9.44. The first-order valence-electron chi connectivity index (χ1n) is 4.72. The summed E-state index contributed by atoms with van der Waals surface area (Å²) in [5.41, 5.74) is -0.585. The normalized spacial score (nSPS) is 12.5. The van der Waals surface area contributed by atoms with Crippen LogP contribution in [0.3, 0.4) is 0 Å². The lowest BCUT2D eigenvalue weighted by Crippen LogP contribution is -2.21. The Morgan fingerprint density at radius 2 is 1.83 bits per heavy atom. The van der Waals surface area contributed by atoms with E-state index in [1.54, 1.807) is 13.8 Å². The fraction of sp³-hybridized carbons (Fsp3) is 1.00. The number of hydrogen-bond donors (Lipinski definition) is 1. The molecule has 0 aliphatic carbocycles. The second-order valence-electron chi connectivity index (χ2n) is 4.36. The molecule has 12 heavy (non-hydrogen) atoms. The Kier molecular flexibility index (Phi) is 5.51. The predicted octanol–water partition coefficient (Wildman–Crippen LogP) is 2.21. The minimum atomic E-state index is -0.585. The molecule has 1 N–H and O–H groups in total. The average Bonchev–Trinajstić information content (AvgIpc) is 1.83. The Hall–Kier alpha value is -0.0800. The van der Waals surface area contributed by atoms with Crippen molar-refractivity contribution in [2.75, 3.05) is 13.2 Å². The monoisotopic (exact) mass is 174 g/mol. The molecule has 0 aliphatic heterocycles. The minimum absolute atomic E-state index is 0.585. The summed E-state index contributed by atoms with van der Waals surface area (Å²) < 4.78 is 5.36. The minimum Gasteiger partial charge on any atom is -0.390 e. The number of ether oxygens (including phenoxy) is 1. The smallest absolute Gasteiger partial charge is 0.0613 e. The van der Waals surface area contributed by atoms with Crippen LogP contribution >= 0.6 is 0 Å². The fourth-order valence-electron chi connectivity index (χ4n) is 0.743. The van der Waals surface area contributed by atoms with Gasteiger partial charge in [0.15, 0.2) is 0 Å². The molecule has 0 spiro atoms. The summed E-state index contributed by atoms with van der Waals surface area (Å²) >= 11 is 0. The summed E-state index contributed by atoms with van der Waals surface area (Å²) in [7, 11) is 0. The third kappa shape index (κ3) is 9.92. The average molecular weight is 174 g/mol. The van der Waals surface area contributed by atoms with Crippen molar-refractivity contribution in [3.05, 3.63) is 0 Å². The largest absolute Gasteiger partial charge is 0.390 e. The summed E-state index contributed by atoms with van der Waals surface area (Å²) in [5, 5.41) is 9.35. The molecule has 0 fully saturated rings. The highest BCUT2D eigenvalue weighted by molar-refractivity contribution is 4.63. The molecule has 0 bridgehead atoms. The van der Waals surface area contributed by atoms with Crippen molar-refractivity contribution in [2.24, 2.45) is 5.92 Å². The standard InChI is InChI=1S/C10H22O2/c1-9(2)5-7-12-8-6-10(3,4)11/h9,11H,5-8H2,1-4H3. The topological polar surface area (TPSA) is 29.5 Å². The van der Waals surface area contributed by atoms with Crippen LogP contribution in [0.5, 0.6) is 0 Å². The van der Waals surface area contributed by atoms with Crippen LogP contribution in [0, 0.1) is 5.92 Å². The van der Waals surface area contributed by atoms with Gasteiger partial charge in [-0.3, -0.25) is 0 Å². The van der Waals surface area contributed by atoms with Crippen LogP contribution in [0.4, 0.5) is 0 Å². The summed E-state index contributed by atoms with van der Waals surface area (Å²) in [5.74, 6) is 0.701. The van der Waals surface area contributed by atoms with Crippen molar-refractivity contribution in [1.29, 1.82) is 0 Å². The van der Waals surface area contributed by atoms with Crippen molar-refractivity contribution in [2.45, 2.75) is 46.1 Å². The Balaban J connectivity index is 3.12. The van der Waals surface area contributed by atoms with Crippen molar-refractivity contribution in [3.63, 3.8) is 0 Å². The van der Waals surface area contributed by atoms with Gasteiger partial charge in [-0.2, -0.15) is 0 Å². The van der Waals surface area contributed by atoms with Gasteiger partial charge >= 0.3 is 0 Å². The Bertz CT molecular complexity index is 103. The molecule has 0 rings (SSSR count). The highest BCUT2D eigenvalue weighted by atomic mass is 16.5. The molecule has 0 aromatic rings. The molecule has 2 heteroatoms. The molecule has 74 valence electrons. The lowest BCUT2D eigenvalue weighted by Gasteiger charge is -2.16. The van der Waals surface area contributed by atoms with E-state index in [0.29, 0.717) is 18.9 Å². The van der Waals surface area contributed by atoms with Crippen molar-refractivity contribution in [1.82, 2.24) is 0 Å². The van der Waals surface area contributed by atoms with Gasteiger partial charge in [0.25, 0.3) is 0 Å². The first-order valence-corrected chi connectivity index (χ1v) is 4.72. The Morgan fingerprint density at radius 1 is 1.25 bits per heavy atom. The van der Waals surface area contributed by atoms with E-state index in [4.69, 9.17) is 4.74 Å². The fourth-order valence-corrected chi connectivity index (χ4v) is 0.743. The van der Waals surface area contributed by atoms with Gasteiger partial charge in [0.1, 0.15) is 0 Å². The van der Waals surface area contributed by atoms with E-state index in [1.165, 1.54) is 0 Å². The van der Waals surface area contributed by atoms with Crippen molar-refractivity contribution < 1.29 is 9.84 Å². The first kappa shape index (κ1) is 11.9. The second kappa shape index (κ2) is 5.55. The highest BCUT2D eigenvalue weighted by Gasteiger charge is 2.11. The van der Waals surface area contributed by atoms with Gasteiger partial charge in [0.05, 0.1) is 5.60 Å². The molecule has 0 aromatic heterocycles. The molecule has 0 atom stereocenters. The Labute approximate surface area is 75.9 Å². The number of rotatable bonds is 6. The van der Waals surface area contributed by atoms with E-state index >= 15 is 0 Å². The molecule has 2 nitrogen and oxygen atoms in total. The van der Waals surface area contributed by atoms with Crippen LogP contribution in [0.1, 0.15) is 40.5 Å². The molecular formula is C10H22O2. The van der Waals surface area contributed by atoms with E-state index in [1.807, 2.05) is 0 Å². The van der Waals surface area contributed by atoms with Crippen LogP contribution in [-0.2, 0) is 4.74 Å². The predicted molar refractivity (Wildman–Crippen MR) is 51.2 cm³/mol. The van der Waals surface area contributed by atoms with E-state index in [0.717, 1.165) is 13.0 Å². The Morgan fingerprint density at radius 3 is 2.25 bits per heavy atom. The summed E-state index contributed by atoms with van der Waals surface area (Å²) in [6.07, 6.45) is 1.82. The van der Waals surface area contributed by atoms with E-state index in [-0.39, 0.29) is 0 Å². The molecular weight excluding hydrogens is 152 g/mol. The maximum Gasteiger partial charge on any atom is 0.0613 e. The maximum absolute atomic E-state index is 9.35. The van der Waals surface area contributed by atoms with Gasteiger partial charge in [-0.25, -0.2) is 0 Å². The molecule has 0 saturated carbocycles. The quantitative estimate of drug-likeness (QED) is 0.626. The lowest BCUT2D eigenvalue weighted by atomic mass is 10.1. The lowest BCUT2D eigenvalue weighted by molar-refractivity contribution is 0.0262. The van der Waals surface area contributed by atoms with Gasteiger partial charge in [-0.15, -0.1) is 0 Å². The second-order valence-corrected chi connectivity index (χ2v) is 4.36. The summed E-state index contributed by atoms with van der Waals surface area (Å²) in [4.78, 5) is 0. The van der Waals surface area contributed by atoms with E-state index in [2.05, 4.69) is 13.8 Å². The van der Waals surface area contributed by atoms with Crippen LogP contribution in [-0.4, -0.2) is 23.9 Å². The van der Waals surface area contributed by atoms with Gasteiger partial charge in [0.2, 0.25) is 0 Å². The van der Waals surface area contributed by atoms with E-state index in [9.17, 15) is 5.11 Å². The van der Waals surface area contributed by atoms with Crippen molar-refractivity contribution >= 4 is 0 Å². The third-order valence-electron chi connectivity index (χ3n) is 1.70. The van der Waals surface area contributed by atoms with Crippen LogP contribution in [0.15, 0.2) is 0 Å². The molecule has 0 aromatic carbocycles. The number of hydrogen-bond acceptors (Lipinski definition) is 2. The molecule has 0 aliphatic rings. The zero-order valence-electron chi connectivity index (χ0n) is 8.76. The van der Waals surface area contributed by atoms with Gasteiger partial charge in [-0.1, -0.05) is 13.8 Å². The van der Waals surface area contributed by atoms with Crippen LogP contribution < -0.4 is 0 Å². The highest BCUT2D eigenvalue weighted by Crippen LogP contribution is 2.07. The molecule has 0 radical (unpaired) electrons. The molecule has 0 amide bonds. The maximum atomic E-state index is 9.35. The van der Waals surface area contributed by atoms with Gasteiger partial charge in [0, 0.05) is 13.2 Å². The third-order valence-corrected chi connectivity index (χ3v) is 1.70. The zero-order chi connectivity index (χ0) is 9.61. The molecule has 0 saturated heterocycles. The van der Waals surface area contributed by atoms with Crippen LogP contribution in [0.2, 0.25) is 0 Å².